The van der Waals surface area contributed by atoms with Gasteiger partial charge in [0.25, 0.3) is 0 Å². The van der Waals surface area contributed by atoms with Gasteiger partial charge in [0.2, 0.25) is 5.91 Å². The molecular formula is C33H36N8O2. The van der Waals surface area contributed by atoms with Gasteiger partial charge in [-0.05, 0) is 80.8 Å². The van der Waals surface area contributed by atoms with Crippen LogP contribution in [-0.4, -0.2) is 50.2 Å². The number of fused-ring (bicyclic) bond motifs is 1. The molecule has 3 heterocycles. The first-order chi connectivity index (χ1) is 21.0. The van der Waals surface area contributed by atoms with Gasteiger partial charge in [0.15, 0.2) is 5.65 Å². The first-order valence-corrected chi connectivity index (χ1v) is 14.7. The molecule has 220 valence electrons. The molecular weight excluding hydrogens is 540 g/mol. The summed E-state index contributed by atoms with van der Waals surface area (Å²) in [6.07, 6.45) is 5.69. The minimum Gasteiger partial charge on any atom is -0.457 e. The van der Waals surface area contributed by atoms with Crippen LogP contribution in [0.25, 0.3) is 22.3 Å². The standard InChI is InChI=1S/C33H36N8O2/c34-27-10-4-5-11-28(27)38-29(42)12-6-7-19-40-20-17-24(18-21-40)41-33-30(32(35)36-22-37-33)31(39-41)23-13-15-26(16-14-23)43-25-8-2-1-3-9-25/h1-5,8-11,13-16,22,24H,6-7,12,17-21,34H2,(H,38,42)(H2,35,36,37). The number of unbranched alkanes of at least 4 members (excludes halogenated alkanes) is 1. The van der Waals surface area contributed by atoms with Gasteiger partial charge in [-0.2, -0.15) is 5.10 Å². The Labute approximate surface area is 250 Å². The first-order valence-electron chi connectivity index (χ1n) is 14.7. The molecule has 0 radical (unpaired) electrons. The average molecular weight is 577 g/mol. The Morgan fingerprint density at radius 2 is 1.60 bits per heavy atom. The lowest BCUT2D eigenvalue weighted by Crippen LogP contribution is -2.35. The van der Waals surface area contributed by atoms with E-state index in [1.807, 2.05) is 77.5 Å². The fourth-order valence-electron chi connectivity index (χ4n) is 5.59. The predicted molar refractivity (Wildman–Crippen MR) is 170 cm³/mol. The number of piperidine rings is 1. The highest BCUT2D eigenvalue weighted by Gasteiger charge is 2.26. The Kier molecular flexibility index (Phi) is 8.46. The van der Waals surface area contributed by atoms with Gasteiger partial charge in [-0.15, -0.1) is 0 Å². The van der Waals surface area contributed by atoms with Crippen molar-refractivity contribution in [1.82, 2.24) is 24.6 Å². The van der Waals surface area contributed by atoms with Crippen molar-refractivity contribution in [3.05, 3.63) is 85.2 Å². The van der Waals surface area contributed by atoms with Crippen molar-refractivity contribution in [3.63, 3.8) is 0 Å². The zero-order valence-electron chi connectivity index (χ0n) is 24.0. The highest BCUT2D eigenvalue weighted by molar-refractivity contribution is 5.98. The van der Waals surface area contributed by atoms with Crippen LogP contribution in [0.4, 0.5) is 17.2 Å². The van der Waals surface area contributed by atoms with E-state index < -0.39 is 0 Å². The van der Waals surface area contributed by atoms with Crippen LogP contribution >= 0.6 is 0 Å². The number of nitrogens with two attached hydrogens (primary N) is 2. The summed E-state index contributed by atoms with van der Waals surface area (Å²) in [4.78, 5) is 23.6. The van der Waals surface area contributed by atoms with Gasteiger partial charge in [0.05, 0.1) is 22.8 Å². The number of anilines is 3. The normalized spacial score (nSPS) is 14.1. The van der Waals surface area contributed by atoms with Crippen LogP contribution in [-0.2, 0) is 4.79 Å². The van der Waals surface area contributed by atoms with E-state index in [-0.39, 0.29) is 11.9 Å². The molecule has 0 atom stereocenters. The molecule has 43 heavy (non-hydrogen) atoms. The fraction of sp³-hybridized carbons (Fsp3) is 0.273. The van der Waals surface area contributed by atoms with Crippen molar-refractivity contribution in [1.29, 1.82) is 0 Å². The number of carbonyl (C=O) groups is 1. The van der Waals surface area contributed by atoms with E-state index in [0.29, 0.717) is 23.6 Å². The Bertz CT molecular complexity index is 1680. The van der Waals surface area contributed by atoms with Crippen LogP contribution in [0.2, 0.25) is 0 Å². The molecule has 3 aromatic carbocycles. The summed E-state index contributed by atoms with van der Waals surface area (Å²) in [5.74, 6) is 1.95. The minimum absolute atomic E-state index is 0.00223. The highest BCUT2D eigenvalue weighted by atomic mass is 16.5. The molecule has 0 saturated carbocycles. The number of amides is 1. The van der Waals surface area contributed by atoms with E-state index in [9.17, 15) is 4.79 Å². The topological polar surface area (TPSA) is 137 Å². The summed E-state index contributed by atoms with van der Waals surface area (Å²) >= 11 is 0. The van der Waals surface area contributed by atoms with Crippen molar-refractivity contribution >= 4 is 34.1 Å². The molecule has 2 aromatic heterocycles. The van der Waals surface area contributed by atoms with E-state index in [1.165, 1.54) is 6.33 Å². The molecule has 1 saturated heterocycles. The van der Waals surface area contributed by atoms with Crippen molar-refractivity contribution in [2.24, 2.45) is 0 Å². The van der Waals surface area contributed by atoms with Gasteiger partial charge in [-0.3, -0.25) is 4.79 Å². The molecule has 1 aliphatic rings. The van der Waals surface area contributed by atoms with Crippen LogP contribution in [0.3, 0.4) is 0 Å². The van der Waals surface area contributed by atoms with Crippen molar-refractivity contribution in [3.8, 4) is 22.8 Å². The Morgan fingerprint density at radius 3 is 2.37 bits per heavy atom. The zero-order chi connectivity index (χ0) is 29.6. The second-order valence-corrected chi connectivity index (χ2v) is 10.9. The molecule has 0 aliphatic carbocycles. The number of rotatable bonds is 10. The predicted octanol–water partition coefficient (Wildman–Crippen LogP) is 5.90. The number of para-hydroxylation sites is 3. The molecule has 1 fully saturated rings. The summed E-state index contributed by atoms with van der Waals surface area (Å²) < 4.78 is 8.00. The van der Waals surface area contributed by atoms with Crippen molar-refractivity contribution < 1.29 is 9.53 Å². The Morgan fingerprint density at radius 1 is 0.884 bits per heavy atom. The van der Waals surface area contributed by atoms with Gasteiger partial charge in [0.1, 0.15) is 29.3 Å². The van der Waals surface area contributed by atoms with Crippen LogP contribution < -0.4 is 21.5 Å². The second kappa shape index (κ2) is 12.9. The first kappa shape index (κ1) is 28.2. The second-order valence-electron chi connectivity index (χ2n) is 10.9. The molecule has 0 spiro atoms. The number of aromatic nitrogens is 4. The fourth-order valence-corrected chi connectivity index (χ4v) is 5.59. The summed E-state index contributed by atoms with van der Waals surface area (Å²) in [6.45, 7) is 2.88. The Balaban J connectivity index is 1.06. The van der Waals surface area contributed by atoms with Crippen molar-refractivity contribution in [2.45, 2.75) is 38.1 Å². The maximum Gasteiger partial charge on any atom is 0.224 e. The van der Waals surface area contributed by atoms with Crippen molar-refractivity contribution in [2.75, 3.05) is 36.4 Å². The van der Waals surface area contributed by atoms with E-state index in [0.717, 1.165) is 79.1 Å². The SMILES string of the molecule is Nc1ccccc1NC(=O)CCCCN1CCC(n2nc(-c3ccc(Oc4ccccc4)cc3)c3c(N)ncnc32)CC1. The summed E-state index contributed by atoms with van der Waals surface area (Å²) in [7, 11) is 0. The molecule has 0 unspecified atom stereocenters. The van der Waals surface area contributed by atoms with Gasteiger partial charge in [-0.1, -0.05) is 30.3 Å². The third kappa shape index (κ3) is 6.60. The third-order valence-electron chi connectivity index (χ3n) is 7.89. The summed E-state index contributed by atoms with van der Waals surface area (Å²) in [6, 6.07) is 25.1. The van der Waals surface area contributed by atoms with Crippen LogP contribution in [0.5, 0.6) is 11.5 Å². The minimum atomic E-state index is -0.00223. The summed E-state index contributed by atoms with van der Waals surface area (Å²) in [5.41, 5.74) is 16.0. The maximum absolute atomic E-state index is 12.3. The number of nitrogen functional groups attached to an aromatic ring is 2. The monoisotopic (exact) mass is 576 g/mol. The number of benzene rings is 3. The quantitative estimate of drug-likeness (QED) is 0.138. The number of hydrogen-bond acceptors (Lipinski definition) is 8. The van der Waals surface area contributed by atoms with Gasteiger partial charge in [-0.25, -0.2) is 14.6 Å². The number of hydrogen-bond donors (Lipinski definition) is 3. The van der Waals surface area contributed by atoms with Crippen LogP contribution in [0, 0.1) is 0 Å². The largest absolute Gasteiger partial charge is 0.457 e. The molecule has 10 heteroatoms. The molecule has 0 bridgehead atoms. The smallest absolute Gasteiger partial charge is 0.224 e. The van der Waals surface area contributed by atoms with Crippen LogP contribution in [0.1, 0.15) is 38.1 Å². The molecule has 5 N–H and O–H groups in total. The van der Waals surface area contributed by atoms with Gasteiger partial charge >= 0.3 is 0 Å². The Hall–Kier alpha value is -4.96. The third-order valence-corrected chi connectivity index (χ3v) is 7.89. The average Bonchev–Trinajstić information content (AvgIpc) is 3.43. The molecule has 10 nitrogen and oxygen atoms in total. The zero-order valence-corrected chi connectivity index (χ0v) is 24.0. The summed E-state index contributed by atoms with van der Waals surface area (Å²) in [5, 5.41) is 8.72. The molecule has 1 amide bonds. The van der Waals surface area contributed by atoms with E-state index in [1.54, 1.807) is 6.07 Å². The number of carbonyl (C=O) groups excluding carboxylic acids is 1. The maximum atomic E-state index is 12.3. The lowest BCUT2D eigenvalue weighted by atomic mass is 10.0. The van der Waals surface area contributed by atoms with E-state index in [4.69, 9.17) is 21.3 Å². The van der Waals surface area contributed by atoms with E-state index >= 15 is 0 Å². The van der Waals surface area contributed by atoms with Gasteiger partial charge in [0, 0.05) is 25.1 Å². The lowest BCUT2D eigenvalue weighted by Gasteiger charge is -2.32. The highest BCUT2D eigenvalue weighted by Crippen LogP contribution is 2.35. The van der Waals surface area contributed by atoms with Crippen LogP contribution in [0.15, 0.2) is 85.2 Å². The van der Waals surface area contributed by atoms with E-state index in [2.05, 4.69) is 20.2 Å². The number of nitrogens with one attached hydrogen (secondary N) is 1. The molecule has 6 rings (SSSR count). The lowest BCUT2D eigenvalue weighted by molar-refractivity contribution is -0.116. The van der Waals surface area contributed by atoms with Gasteiger partial charge < -0.3 is 26.4 Å². The molecule has 1 aliphatic heterocycles. The number of likely N-dealkylation sites (tertiary alicyclic amines) is 1. The number of ether oxygens (including phenoxy) is 1. The number of nitrogens with zero attached hydrogens (tertiary/aromatic N) is 5. The molecule has 5 aromatic rings.